The number of hydrogen-bond acceptors (Lipinski definition) is 3. The van der Waals surface area contributed by atoms with Crippen molar-refractivity contribution in [2.45, 2.75) is 50.6 Å². The second-order valence-electron chi connectivity index (χ2n) is 7.10. The first-order valence-corrected chi connectivity index (χ1v) is 9.51. The van der Waals surface area contributed by atoms with Gasteiger partial charge in [-0.1, -0.05) is 30.3 Å². The van der Waals surface area contributed by atoms with Crippen LogP contribution in [0.4, 0.5) is 0 Å². The molecule has 136 valence electrons. The topological polar surface area (TPSA) is 52.7 Å². The van der Waals surface area contributed by atoms with E-state index in [1.165, 1.54) is 6.42 Å². The minimum atomic E-state index is -0.284. The van der Waals surface area contributed by atoms with Crippen LogP contribution in [0.15, 0.2) is 30.3 Å². The van der Waals surface area contributed by atoms with Gasteiger partial charge in [0, 0.05) is 20.1 Å². The lowest BCUT2D eigenvalue weighted by Crippen LogP contribution is -2.55. The van der Waals surface area contributed by atoms with E-state index < -0.39 is 0 Å². The van der Waals surface area contributed by atoms with Gasteiger partial charge in [-0.05, 0) is 50.6 Å². The fourth-order valence-corrected chi connectivity index (χ4v) is 4.12. The number of carbonyl (C=O) groups is 2. The number of piperidine rings is 1. The van der Waals surface area contributed by atoms with Crippen molar-refractivity contribution in [1.29, 1.82) is 0 Å². The Balaban J connectivity index is 1.76. The Morgan fingerprint density at radius 3 is 2.48 bits per heavy atom. The molecular formula is C20H29N3O2. The average molecular weight is 343 g/mol. The number of carbonyl (C=O) groups excluding carboxylic acids is 2. The Bertz CT molecular complexity index is 584. The first-order valence-electron chi connectivity index (χ1n) is 9.51. The molecule has 2 heterocycles. The van der Waals surface area contributed by atoms with E-state index >= 15 is 0 Å². The molecule has 1 aromatic carbocycles. The summed E-state index contributed by atoms with van der Waals surface area (Å²) in [5.74, 6) is 0.223. The highest BCUT2D eigenvalue weighted by Crippen LogP contribution is 2.25. The molecule has 0 radical (unpaired) electrons. The van der Waals surface area contributed by atoms with Crippen molar-refractivity contribution in [2.24, 2.45) is 0 Å². The van der Waals surface area contributed by atoms with Gasteiger partial charge in [0.15, 0.2) is 0 Å². The summed E-state index contributed by atoms with van der Waals surface area (Å²) in [5.41, 5.74) is 1.13. The molecule has 1 aromatic rings. The van der Waals surface area contributed by atoms with Gasteiger partial charge in [0.2, 0.25) is 11.8 Å². The molecule has 2 aliphatic heterocycles. The second-order valence-corrected chi connectivity index (χ2v) is 7.10. The highest BCUT2D eigenvalue weighted by Gasteiger charge is 2.40. The third-order valence-electron chi connectivity index (χ3n) is 5.47. The van der Waals surface area contributed by atoms with E-state index in [4.69, 9.17) is 0 Å². The summed E-state index contributed by atoms with van der Waals surface area (Å²) in [7, 11) is 1.68. The Morgan fingerprint density at radius 1 is 1.08 bits per heavy atom. The molecular weight excluding hydrogens is 314 g/mol. The minimum Gasteiger partial charge on any atom is -0.358 e. The number of hydrogen-bond donors (Lipinski definition) is 1. The number of benzene rings is 1. The minimum absolute atomic E-state index is 0.00203. The maximum atomic E-state index is 13.0. The van der Waals surface area contributed by atoms with Crippen molar-refractivity contribution in [3.8, 4) is 0 Å². The first kappa shape index (κ1) is 17.9. The van der Waals surface area contributed by atoms with Gasteiger partial charge in [0.05, 0.1) is 12.1 Å². The van der Waals surface area contributed by atoms with Crippen molar-refractivity contribution >= 4 is 11.8 Å². The van der Waals surface area contributed by atoms with Crippen LogP contribution in [-0.2, 0) is 16.0 Å². The SMILES string of the molecule is CNC(=O)C(Cc1ccccc1)N1CCCC1C(=O)N1CCCCC1. The van der Waals surface area contributed by atoms with Gasteiger partial charge in [-0.3, -0.25) is 14.5 Å². The number of rotatable bonds is 5. The smallest absolute Gasteiger partial charge is 0.239 e. The summed E-state index contributed by atoms with van der Waals surface area (Å²) in [5, 5.41) is 2.80. The first-order chi connectivity index (χ1) is 12.2. The third-order valence-corrected chi connectivity index (χ3v) is 5.47. The quantitative estimate of drug-likeness (QED) is 0.887. The molecule has 1 N–H and O–H groups in total. The average Bonchev–Trinajstić information content (AvgIpc) is 3.16. The van der Waals surface area contributed by atoms with Crippen LogP contribution in [0, 0.1) is 0 Å². The van der Waals surface area contributed by atoms with Gasteiger partial charge in [-0.2, -0.15) is 0 Å². The van der Waals surface area contributed by atoms with E-state index in [2.05, 4.69) is 10.2 Å². The molecule has 2 amide bonds. The molecule has 0 bridgehead atoms. The highest BCUT2D eigenvalue weighted by molar-refractivity contribution is 5.86. The van der Waals surface area contributed by atoms with E-state index in [1.54, 1.807) is 7.05 Å². The van der Waals surface area contributed by atoms with E-state index in [0.717, 1.165) is 50.9 Å². The summed E-state index contributed by atoms with van der Waals surface area (Å²) < 4.78 is 0. The molecule has 2 fully saturated rings. The summed E-state index contributed by atoms with van der Waals surface area (Å²) in [6.07, 6.45) is 5.89. The summed E-state index contributed by atoms with van der Waals surface area (Å²) in [4.78, 5) is 29.8. The number of nitrogens with zero attached hydrogens (tertiary/aromatic N) is 2. The Labute approximate surface area is 150 Å². The summed E-state index contributed by atoms with van der Waals surface area (Å²) in [6, 6.07) is 9.64. The lowest BCUT2D eigenvalue weighted by Gasteiger charge is -2.35. The van der Waals surface area contributed by atoms with Crippen molar-refractivity contribution in [1.82, 2.24) is 15.1 Å². The highest BCUT2D eigenvalue weighted by atomic mass is 16.2. The Kier molecular flexibility index (Phi) is 6.08. The predicted molar refractivity (Wildman–Crippen MR) is 98.2 cm³/mol. The fraction of sp³-hybridized carbons (Fsp3) is 0.600. The monoisotopic (exact) mass is 343 g/mol. The van der Waals surface area contributed by atoms with Crippen LogP contribution in [0.2, 0.25) is 0 Å². The Morgan fingerprint density at radius 2 is 1.80 bits per heavy atom. The van der Waals surface area contributed by atoms with Crippen molar-refractivity contribution < 1.29 is 9.59 Å². The van der Waals surface area contributed by atoms with Crippen LogP contribution in [0.1, 0.15) is 37.7 Å². The van der Waals surface area contributed by atoms with Crippen molar-refractivity contribution in [3.05, 3.63) is 35.9 Å². The largest absolute Gasteiger partial charge is 0.358 e. The molecule has 0 saturated carbocycles. The van der Waals surface area contributed by atoms with Crippen molar-refractivity contribution in [3.63, 3.8) is 0 Å². The number of likely N-dealkylation sites (N-methyl/N-ethyl adjacent to an activating group) is 1. The standard InChI is InChI=1S/C20H29N3O2/c1-21-19(24)18(15-16-9-4-2-5-10-16)23-14-8-11-17(23)20(25)22-12-6-3-7-13-22/h2,4-5,9-10,17-18H,3,6-8,11-15H2,1H3,(H,21,24). The van der Waals surface area contributed by atoms with E-state index in [-0.39, 0.29) is 23.9 Å². The summed E-state index contributed by atoms with van der Waals surface area (Å²) >= 11 is 0. The second kappa shape index (κ2) is 8.48. The lowest BCUT2D eigenvalue weighted by molar-refractivity contribution is -0.139. The lowest BCUT2D eigenvalue weighted by atomic mass is 10.0. The van der Waals surface area contributed by atoms with E-state index in [0.29, 0.717) is 6.42 Å². The van der Waals surface area contributed by atoms with Gasteiger partial charge in [-0.15, -0.1) is 0 Å². The van der Waals surface area contributed by atoms with E-state index in [9.17, 15) is 9.59 Å². The molecule has 3 rings (SSSR count). The molecule has 5 nitrogen and oxygen atoms in total. The summed E-state index contributed by atoms with van der Waals surface area (Å²) in [6.45, 7) is 2.55. The molecule has 0 aliphatic carbocycles. The van der Waals surface area contributed by atoms with Gasteiger partial charge in [0.1, 0.15) is 0 Å². The van der Waals surface area contributed by atoms with Gasteiger partial charge in [0.25, 0.3) is 0 Å². The maximum absolute atomic E-state index is 13.0. The number of likely N-dealkylation sites (tertiary alicyclic amines) is 2. The van der Waals surface area contributed by atoms with Crippen LogP contribution in [0.5, 0.6) is 0 Å². The molecule has 2 atom stereocenters. The number of amides is 2. The Hall–Kier alpha value is -1.88. The van der Waals surface area contributed by atoms with Gasteiger partial charge < -0.3 is 10.2 Å². The zero-order valence-electron chi connectivity index (χ0n) is 15.1. The van der Waals surface area contributed by atoms with Gasteiger partial charge >= 0.3 is 0 Å². The van der Waals surface area contributed by atoms with Crippen molar-refractivity contribution in [2.75, 3.05) is 26.7 Å². The van der Waals surface area contributed by atoms with Crippen LogP contribution >= 0.6 is 0 Å². The van der Waals surface area contributed by atoms with Crippen LogP contribution in [0.3, 0.4) is 0 Å². The molecule has 2 saturated heterocycles. The normalized spacial score (nSPS) is 22.6. The van der Waals surface area contributed by atoms with Crippen LogP contribution in [-0.4, -0.2) is 60.4 Å². The molecule has 2 aliphatic rings. The molecule has 0 aromatic heterocycles. The third kappa shape index (κ3) is 4.21. The maximum Gasteiger partial charge on any atom is 0.239 e. The van der Waals surface area contributed by atoms with Gasteiger partial charge in [-0.25, -0.2) is 0 Å². The predicted octanol–water partition coefficient (Wildman–Crippen LogP) is 1.82. The van der Waals surface area contributed by atoms with Crippen LogP contribution in [0.25, 0.3) is 0 Å². The zero-order valence-corrected chi connectivity index (χ0v) is 15.1. The van der Waals surface area contributed by atoms with E-state index in [1.807, 2.05) is 35.2 Å². The number of nitrogens with one attached hydrogen (secondary N) is 1. The zero-order chi connectivity index (χ0) is 17.6. The molecule has 0 spiro atoms. The molecule has 2 unspecified atom stereocenters. The fourth-order valence-electron chi connectivity index (χ4n) is 4.12. The van der Waals surface area contributed by atoms with Crippen LogP contribution < -0.4 is 5.32 Å². The molecule has 25 heavy (non-hydrogen) atoms. The molecule has 5 heteroatoms.